The third-order valence-electron chi connectivity index (χ3n) is 4.85. The molecular weight excluding hydrogens is 336 g/mol. The van der Waals surface area contributed by atoms with Gasteiger partial charge in [0.2, 0.25) is 5.91 Å². The third kappa shape index (κ3) is 4.42. The van der Waals surface area contributed by atoms with Crippen molar-refractivity contribution in [2.75, 3.05) is 19.7 Å². The van der Waals surface area contributed by atoms with Gasteiger partial charge in [-0.3, -0.25) is 9.69 Å². The number of likely N-dealkylation sites (tertiary alicyclic amines) is 1. The van der Waals surface area contributed by atoms with Gasteiger partial charge >= 0.3 is 6.09 Å². The fourth-order valence-electron chi connectivity index (χ4n) is 3.65. The lowest BCUT2D eigenvalue weighted by Gasteiger charge is -2.37. The van der Waals surface area contributed by atoms with Crippen LogP contribution < -0.4 is 0 Å². The van der Waals surface area contributed by atoms with E-state index in [1.165, 1.54) is 0 Å². The lowest BCUT2D eigenvalue weighted by atomic mass is 9.98. The van der Waals surface area contributed by atoms with E-state index in [0.29, 0.717) is 25.6 Å². The molecule has 3 heterocycles. The van der Waals surface area contributed by atoms with Crippen LogP contribution in [0.2, 0.25) is 0 Å². The third-order valence-corrected chi connectivity index (χ3v) is 5.69. The molecule has 0 aromatic carbocycles. The Labute approximate surface area is 153 Å². The van der Waals surface area contributed by atoms with Crippen LogP contribution in [0.3, 0.4) is 0 Å². The first-order chi connectivity index (χ1) is 12.0. The van der Waals surface area contributed by atoms with Crippen LogP contribution >= 0.6 is 11.3 Å². The van der Waals surface area contributed by atoms with Crippen LogP contribution in [0.4, 0.5) is 4.79 Å². The molecule has 1 atom stereocenters. The monoisotopic (exact) mass is 362 g/mol. The van der Waals surface area contributed by atoms with Crippen LogP contribution in [-0.2, 0) is 9.53 Å². The molecule has 0 bridgehead atoms. The first-order valence-corrected chi connectivity index (χ1v) is 9.88. The molecule has 2 saturated heterocycles. The Hall–Kier alpha value is -1.82. The molecule has 5 nitrogen and oxygen atoms in total. The number of hydrogen-bond acceptors (Lipinski definition) is 4. The molecule has 0 spiro atoms. The van der Waals surface area contributed by atoms with E-state index in [0.717, 1.165) is 24.1 Å². The molecule has 3 rings (SSSR count). The van der Waals surface area contributed by atoms with Gasteiger partial charge in [0.05, 0.1) is 6.04 Å². The van der Waals surface area contributed by atoms with Crippen LogP contribution in [0, 0.1) is 5.92 Å². The van der Waals surface area contributed by atoms with E-state index in [1.807, 2.05) is 33.4 Å². The summed E-state index contributed by atoms with van der Waals surface area (Å²) in [6.45, 7) is 6.22. The number of rotatable bonds is 5. The van der Waals surface area contributed by atoms with Crippen LogP contribution in [0.15, 0.2) is 23.6 Å². The highest BCUT2D eigenvalue weighted by atomic mass is 32.1. The van der Waals surface area contributed by atoms with Gasteiger partial charge in [-0.1, -0.05) is 19.9 Å². The number of carbonyl (C=O) groups excluding carboxylic acids is 2. The highest BCUT2D eigenvalue weighted by molar-refractivity contribution is 7.10. The zero-order chi connectivity index (χ0) is 17.8. The highest BCUT2D eigenvalue weighted by Gasteiger charge is 2.39. The number of cyclic esters (lactones) is 1. The van der Waals surface area contributed by atoms with E-state index in [1.54, 1.807) is 17.4 Å². The molecule has 1 unspecified atom stereocenters. The van der Waals surface area contributed by atoms with Crippen molar-refractivity contribution < 1.29 is 14.3 Å². The molecule has 6 heteroatoms. The number of thiophene rings is 1. The number of ether oxygens (including phenoxy) is 1. The van der Waals surface area contributed by atoms with E-state index in [9.17, 15) is 9.59 Å². The minimum atomic E-state index is -0.187. The molecule has 2 aliphatic heterocycles. The predicted octanol–water partition coefficient (Wildman–Crippen LogP) is 3.62. The van der Waals surface area contributed by atoms with Crippen LogP contribution in [-0.4, -0.2) is 53.6 Å². The van der Waals surface area contributed by atoms with Gasteiger partial charge in [-0.05, 0) is 42.7 Å². The van der Waals surface area contributed by atoms with Gasteiger partial charge in [0, 0.05) is 30.1 Å². The SMILES string of the molecule is CC(C)CC1COC(=O)N1C1CCN(C(=O)C=Cc2cccs2)CC1. The van der Waals surface area contributed by atoms with E-state index in [2.05, 4.69) is 13.8 Å². The summed E-state index contributed by atoms with van der Waals surface area (Å²) in [7, 11) is 0. The van der Waals surface area contributed by atoms with Crippen LogP contribution in [0.25, 0.3) is 6.08 Å². The standard InChI is InChI=1S/C19H26N2O3S/c1-14(2)12-16-13-24-19(23)21(16)15-7-9-20(10-8-15)18(22)6-5-17-4-3-11-25-17/h3-6,11,14-16H,7-10,12-13H2,1-2H3. The lowest BCUT2D eigenvalue weighted by Crippen LogP contribution is -2.49. The van der Waals surface area contributed by atoms with Crippen molar-refractivity contribution in [2.45, 2.75) is 45.2 Å². The van der Waals surface area contributed by atoms with Gasteiger partial charge in [0.15, 0.2) is 0 Å². The second-order valence-corrected chi connectivity index (χ2v) is 8.15. The predicted molar refractivity (Wildman–Crippen MR) is 99.4 cm³/mol. The summed E-state index contributed by atoms with van der Waals surface area (Å²) in [5, 5.41) is 2.00. The number of hydrogen-bond donors (Lipinski definition) is 0. The first kappa shape index (κ1) is 18.0. The Morgan fingerprint density at radius 1 is 1.40 bits per heavy atom. The minimum absolute atomic E-state index is 0.0505. The van der Waals surface area contributed by atoms with E-state index >= 15 is 0 Å². The van der Waals surface area contributed by atoms with Gasteiger partial charge in [-0.15, -0.1) is 11.3 Å². The molecule has 0 aliphatic carbocycles. The summed E-state index contributed by atoms with van der Waals surface area (Å²) in [5.74, 6) is 0.584. The molecular formula is C19H26N2O3S. The Bertz CT molecular complexity index is 619. The summed E-state index contributed by atoms with van der Waals surface area (Å²) in [6.07, 6.45) is 5.94. The van der Waals surface area contributed by atoms with E-state index in [4.69, 9.17) is 4.74 Å². The van der Waals surface area contributed by atoms with Crippen molar-refractivity contribution in [3.63, 3.8) is 0 Å². The molecule has 2 fully saturated rings. The molecule has 1 aromatic rings. The largest absolute Gasteiger partial charge is 0.447 e. The fourth-order valence-corrected chi connectivity index (χ4v) is 4.27. The van der Waals surface area contributed by atoms with Crippen molar-refractivity contribution in [1.82, 2.24) is 9.80 Å². The number of amides is 2. The zero-order valence-electron chi connectivity index (χ0n) is 14.9. The zero-order valence-corrected chi connectivity index (χ0v) is 15.7. The first-order valence-electron chi connectivity index (χ1n) is 9.00. The quantitative estimate of drug-likeness (QED) is 0.752. The van der Waals surface area contributed by atoms with Crippen molar-refractivity contribution >= 4 is 29.4 Å². The van der Waals surface area contributed by atoms with Gasteiger partial charge in [-0.2, -0.15) is 0 Å². The Balaban J connectivity index is 1.54. The molecule has 136 valence electrons. The second-order valence-electron chi connectivity index (χ2n) is 7.17. The molecule has 2 aliphatic rings. The van der Waals surface area contributed by atoms with E-state index < -0.39 is 0 Å². The molecule has 1 aromatic heterocycles. The Kier molecular flexibility index (Phi) is 5.78. The molecule has 0 N–H and O–H groups in total. The van der Waals surface area contributed by atoms with E-state index in [-0.39, 0.29) is 24.1 Å². The Morgan fingerprint density at radius 2 is 2.16 bits per heavy atom. The average molecular weight is 362 g/mol. The number of piperidine rings is 1. The topological polar surface area (TPSA) is 49.9 Å². The van der Waals surface area contributed by atoms with Crippen molar-refractivity contribution in [1.29, 1.82) is 0 Å². The number of nitrogens with zero attached hydrogens (tertiary/aromatic N) is 2. The minimum Gasteiger partial charge on any atom is -0.447 e. The highest BCUT2D eigenvalue weighted by Crippen LogP contribution is 2.27. The number of carbonyl (C=O) groups is 2. The maximum atomic E-state index is 12.3. The van der Waals surface area contributed by atoms with Gasteiger partial charge in [0.1, 0.15) is 6.61 Å². The smallest absolute Gasteiger partial charge is 0.410 e. The van der Waals surface area contributed by atoms with Crippen LogP contribution in [0.5, 0.6) is 0 Å². The second kappa shape index (κ2) is 8.04. The van der Waals surface area contributed by atoms with Gasteiger partial charge in [0.25, 0.3) is 0 Å². The Morgan fingerprint density at radius 3 is 2.80 bits per heavy atom. The van der Waals surface area contributed by atoms with Gasteiger partial charge in [-0.25, -0.2) is 4.79 Å². The molecule has 0 radical (unpaired) electrons. The molecule has 2 amide bonds. The summed E-state index contributed by atoms with van der Waals surface area (Å²) >= 11 is 1.62. The maximum absolute atomic E-state index is 12.3. The fraction of sp³-hybridized carbons (Fsp3) is 0.579. The lowest BCUT2D eigenvalue weighted by molar-refractivity contribution is -0.127. The molecule has 0 saturated carbocycles. The van der Waals surface area contributed by atoms with Crippen molar-refractivity contribution in [3.8, 4) is 0 Å². The summed E-state index contributed by atoms with van der Waals surface area (Å²) in [4.78, 5) is 29.4. The normalized spacial score (nSPS) is 22.2. The van der Waals surface area contributed by atoms with Crippen LogP contribution in [0.1, 0.15) is 38.0 Å². The summed E-state index contributed by atoms with van der Waals surface area (Å²) in [6, 6.07) is 4.33. The van der Waals surface area contributed by atoms with Gasteiger partial charge < -0.3 is 9.64 Å². The summed E-state index contributed by atoms with van der Waals surface area (Å²) in [5.41, 5.74) is 0. The maximum Gasteiger partial charge on any atom is 0.410 e. The average Bonchev–Trinajstić information content (AvgIpc) is 3.22. The molecule has 25 heavy (non-hydrogen) atoms. The van der Waals surface area contributed by atoms with Crippen molar-refractivity contribution in [2.24, 2.45) is 5.92 Å². The van der Waals surface area contributed by atoms with Crippen molar-refractivity contribution in [3.05, 3.63) is 28.5 Å². The summed E-state index contributed by atoms with van der Waals surface area (Å²) < 4.78 is 5.28.